The fourth-order valence-corrected chi connectivity index (χ4v) is 4.80. The van der Waals surface area contributed by atoms with Crippen LogP contribution in [0.2, 0.25) is 0 Å². The molecule has 2 N–H and O–H groups in total. The first kappa shape index (κ1) is 25.6. The molecular weight excluding hydrogens is 455 g/mol. The average Bonchev–Trinajstić information content (AvgIpc) is 2.82. The summed E-state index contributed by atoms with van der Waals surface area (Å²) in [5.41, 5.74) is 2.90. The Labute approximate surface area is 200 Å². The Bertz CT molecular complexity index is 1200. The number of nitrogens with one attached hydrogen (secondary N) is 2. The van der Waals surface area contributed by atoms with Gasteiger partial charge in [-0.2, -0.15) is 4.72 Å². The molecule has 0 aromatic heterocycles. The predicted octanol–water partition coefficient (Wildman–Crippen LogP) is 4.16. The number of carbonyl (C=O) groups is 1. The molecule has 0 aliphatic carbocycles. The minimum atomic E-state index is -4.21. The Balaban J connectivity index is 1.58. The molecule has 0 heterocycles. The molecule has 180 valence electrons. The van der Waals surface area contributed by atoms with Gasteiger partial charge in [0.2, 0.25) is 15.9 Å². The summed E-state index contributed by atoms with van der Waals surface area (Å²) in [7, 11) is -4.21. The zero-order chi connectivity index (χ0) is 24.6. The second-order valence-corrected chi connectivity index (χ2v) is 9.97. The van der Waals surface area contributed by atoms with Gasteiger partial charge in [-0.1, -0.05) is 80.6 Å². The molecule has 0 radical (unpaired) electrons. The summed E-state index contributed by atoms with van der Waals surface area (Å²) in [6.45, 7) is 4.58. The Morgan fingerprint density at radius 1 is 0.882 bits per heavy atom. The third-order valence-electron chi connectivity index (χ3n) is 5.20. The summed E-state index contributed by atoms with van der Waals surface area (Å²) in [5.74, 6) is -1.70. The third-order valence-corrected chi connectivity index (χ3v) is 6.67. The van der Waals surface area contributed by atoms with E-state index in [-0.39, 0.29) is 12.5 Å². The van der Waals surface area contributed by atoms with Crippen LogP contribution < -0.4 is 10.0 Å². The largest absolute Gasteiger partial charge is 0.372 e. The minimum Gasteiger partial charge on any atom is -0.372 e. The van der Waals surface area contributed by atoms with Gasteiger partial charge in [-0.3, -0.25) is 4.79 Å². The van der Waals surface area contributed by atoms with Gasteiger partial charge in [0.05, 0.1) is 13.2 Å². The van der Waals surface area contributed by atoms with E-state index in [1.807, 2.05) is 54.6 Å². The molecule has 0 aliphatic heterocycles. The highest BCUT2D eigenvalue weighted by atomic mass is 32.2. The van der Waals surface area contributed by atoms with E-state index < -0.39 is 32.7 Å². The summed E-state index contributed by atoms with van der Waals surface area (Å²) in [5, 5.41) is 2.78. The van der Waals surface area contributed by atoms with Crippen LogP contribution in [0, 0.1) is 11.7 Å². The number of halogens is 1. The number of benzene rings is 3. The third kappa shape index (κ3) is 7.21. The van der Waals surface area contributed by atoms with Gasteiger partial charge in [-0.25, -0.2) is 12.8 Å². The standard InChI is InChI=1S/C26H29FN2O4S/c1-19(2)25(29-34(31,32)24-14-7-6-13-23(24)27)26(30)28-16-21-11-8-12-22(15-21)18-33-17-20-9-4-3-5-10-20/h3-15,19,25,29H,16-18H2,1-2H3,(H,28,30)/t25-/m0/s1. The first-order chi connectivity index (χ1) is 16.3. The molecule has 0 fully saturated rings. The van der Waals surface area contributed by atoms with E-state index in [0.717, 1.165) is 22.8 Å². The predicted molar refractivity (Wildman–Crippen MR) is 129 cm³/mol. The summed E-state index contributed by atoms with van der Waals surface area (Å²) in [4.78, 5) is 12.3. The molecule has 0 spiro atoms. The van der Waals surface area contributed by atoms with Crippen LogP contribution in [0.15, 0.2) is 83.8 Å². The maximum atomic E-state index is 14.0. The van der Waals surface area contributed by atoms with Gasteiger partial charge in [0, 0.05) is 6.54 Å². The molecular formula is C26H29FN2O4S. The van der Waals surface area contributed by atoms with Crippen molar-refractivity contribution in [1.82, 2.24) is 10.0 Å². The number of hydrogen-bond acceptors (Lipinski definition) is 4. The molecule has 1 amide bonds. The van der Waals surface area contributed by atoms with Gasteiger partial charge in [-0.15, -0.1) is 0 Å². The molecule has 0 saturated carbocycles. The van der Waals surface area contributed by atoms with Crippen molar-refractivity contribution in [3.05, 3.63) is 101 Å². The fraction of sp³-hybridized carbons (Fsp3) is 0.269. The smallest absolute Gasteiger partial charge is 0.244 e. The number of carbonyl (C=O) groups excluding carboxylic acids is 1. The lowest BCUT2D eigenvalue weighted by atomic mass is 10.0. The summed E-state index contributed by atoms with van der Waals surface area (Å²) < 4.78 is 47.4. The van der Waals surface area contributed by atoms with Gasteiger partial charge in [0.15, 0.2) is 0 Å². The van der Waals surface area contributed by atoms with Crippen LogP contribution in [0.3, 0.4) is 0 Å². The molecule has 0 bridgehead atoms. The molecule has 34 heavy (non-hydrogen) atoms. The normalized spacial score (nSPS) is 12.5. The minimum absolute atomic E-state index is 0.218. The van der Waals surface area contributed by atoms with E-state index in [1.54, 1.807) is 13.8 Å². The number of amides is 1. The number of ether oxygens (including phenoxy) is 1. The van der Waals surface area contributed by atoms with Crippen molar-refractivity contribution in [2.45, 2.75) is 44.5 Å². The second-order valence-electron chi connectivity index (χ2n) is 8.29. The van der Waals surface area contributed by atoms with Crippen LogP contribution in [-0.2, 0) is 39.3 Å². The summed E-state index contributed by atoms with van der Waals surface area (Å²) >= 11 is 0. The topological polar surface area (TPSA) is 84.5 Å². The quantitative estimate of drug-likeness (QED) is 0.428. The second kappa shape index (κ2) is 11.9. The van der Waals surface area contributed by atoms with Gasteiger partial charge < -0.3 is 10.1 Å². The van der Waals surface area contributed by atoms with Gasteiger partial charge in [0.25, 0.3) is 0 Å². The SMILES string of the molecule is CC(C)[C@H](NS(=O)(=O)c1ccccc1F)C(=O)NCc1cccc(COCc2ccccc2)c1. The van der Waals surface area contributed by atoms with Crippen molar-refractivity contribution in [2.24, 2.45) is 5.92 Å². The van der Waals surface area contributed by atoms with Crippen molar-refractivity contribution >= 4 is 15.9 Å². The molecule has 6 nitrogen and oxygen atoms in total. The van der Waals surface area contributed by atoms with Crippen LogP contribution >= 0.6 is 0 Å². The van der Waals surface area contributed by atoms with Crippen LogP contribution in [0.1, 0.15) is 30.5 Å². The van der Waals surface area contributed by atoms with E-state index in [0.29, 0.717) is 13.2 Å². The monoisotopic (exact) mass is 484 g/mol. The van der Waals surface area contributed by atoms with Crippen LogP contribution in [0.4, 0.5) is 4.39 Å². The van der Waals surface area contributed by atoms with Gasteiger partial charge >= 0.3 is 0 Å². The van der Waals surface area contributed by atoms with E-state index in [9.17, 15) is 17.6 Å². The molecule has 1 atom stereocenters. The lowest BCUT2D eigenvalue weighted by molar-refractivity contribution is -0.123. The number of hydrogen-bond donors (Lipinski definition) is 2. The fourth-order valence-electron chi connectivity index (χ4n) is 3.38. The lowest BCUT2D eigenvalue weighted by Gasteiger charge is -2.22. The maximum absolute atomic E-state index is 14.0. The molecule has 8 heteroatoms. The Morgan fingerprint density at radius 3 is 2.21 bits per heavy atom. The summed E-state index contributed by atoms with van der Waals surface area (Å²) in [6.07, 6.45) is 0. The zero-order valence-electron chi connectivity index (χ0n) is 19.2. The van der Waals surface area contributed by atoms with Gasteiger partial charge in [0.1, 0.15) is 16.8 Å². The van der Waals surface area contributed by atoms with Crippen molar-refractivity contribution < 1.29 is 22.3 Å². The van der Waals surface area contributed by atoms with E-state index >= 15 is 0 Å². The first-order valence-electron chi connectivity index (χ1n) is 11.0. The molecule has 3 rings (SSSR count). The molecule has 3 aromatic carbocycles. The average molecular weight is 485 g/mol. The Hall–Kier alpha value is -3.07. The highest BCUT2D eigenvalue weighted by Crippen LogP contribution is 2.16. The van der Waals surface area contributed by atoms with Crippen molar-refractivity contribution in [3.63, 3.8) is 0 Å². The Morgan fingerprint density at radius 2 is 1.50 bits per heavy atom. The molecule has 0 aliphatic rings. The van der Waals surface area contributed by atoms with Crippen LogP contribution in [0.25, 0.3) is 0 Å². The highest BCUT2D eigenvalue weighted by Gasteiger charge is 2.29. The van der Waals surface area contributed by atoms with Crippen molar-refractivity contribution in [2.75, 3.05) is 0 Å². The molecule has 0 unspecified atom stereocenters. The molecule has 3 aromatic rings. The number of rotatable bonds is 11. The Kier molecular flexibility index (Phi) is 8.92. The van der Waals surface area contributed by atoms with Crippen LogP contribution in [0.5, 0.6) is 0 Å². The highest BCUT2D eigenvalue weighted by molar-refractivity contribution is 7.89. The van der Waals surface area contributed by atoms with E-state index in [2.05, 4.69) is 10.0 Å². The van der Waals surface area contributed by atoms with E-state index in [1.165, 1.54) is 18.2 Å². The molecule has 0 saturated heterocycles. The van der Waals surface area contributed by atoms with E-state index in [4.69, 9.17) is 4.74 Å². The van der Waals surface area contributed by atoms with Crippen LogP contribution in [-0.4, -0.2) is 20.4 Å². The maximum Gasteiger partial charge on any atom is 0.244 e. The first-order valence-corrected chi connectivity index (χ1v) is 12.5. The zero-order valence-corrected chi connectivity index (χ0v) is 20.0. The number of sulfonamides is 1. The van der Waals surface area contributed by atoms with Crippen molar-refractivity contribution in [1.29, 1.82) is 0 Å². The van der Waals surface area contributed by atoms with Crippen molar-refractivity contribution in [3.8, 4) is 0 Å². The summed E-state index contributed by atoms with van der Waals surface area (Å²) in [6, 6.07) is 21.5. The van der Waals surface area contributed by atoms with Gasteiger partial charge in [-0.05, 0) is 34.7 Å². The lowest BCUT2D eigenvalue weighted by Crippen LogP contribution is -2.49.